The van der Waals surface area contributed by atoms with Crippen molar-refractivity contribution >= 4 is 41.0 Å². The monoisotopic (exact) mass is 534 g/mol. The Hall–Kier alpha value is -3.61. The van der Waals surface area contributed by atoms with Gasteiger partial charge in [0, 0.05) is 29.0 Å². The smallest absolute Gasteiger partial charge is 0.255 e. The summed E-state index contributed by atoms with van der Waals surface area (Å²) in [6, 6.07) is 22.4. The molecule has 1 N–H and O–H groups in total. The van der Waals surface area contributed by atoms with Crippen molar-refractivity contribution in [2.24, 2.45) is 5.92 Å². The van der Waals surface area contributed by atoms with Gasteiger partial charge in [-0.1, -0.05) is 85.1 Å². The molecule has 0 atom stereocenters. The average Bonchev–Trinajstić information content (AvgIpc) is 3.27. The van der Waals surface area contributed by atoms with E-state index in [9.17, 15) is 9.59 Å². The van der Waals surface area contributed by atoms with Crippen LogP contribution in [-0.4, -0.2) is 39.4 Å². The van der Waals surface area contributed by atoms with E-state index in [2.05, 4.69) is 5.32 Å². The molecule has 0 unspecified atom stereocenters. The number of carbonyl (C=O) groups is 2. The summed E-state index contributed by atoms with van der Waals surface area (Å²) in [4.78, 5) is 32.8. The molecule has 190 valence electrons. The van der Waals surface area contributed by atoms with Crippen LogP contribution in [0.15, 0.2) is 79.0 Å². The quantitative estimate of drug-likeness (QED) is 0.267. The third kappa shape index (κ3) is 6.59. The fraction of sp³-hybridized carbons (Fsp3) is 0.207. The summed E-state index contributed by atoms with van der Waals surface area (Å²) in [6.45, 7) is 6.21. The number of aromatic nitrogens is 2. The number of carbonyl (C=O) groups excluding carboxylic acids is 2. The number of halogens is 2. The molecule has 8 heteroatoms. The summed E-state index contributed by atoms with van der Waals surface area (Å²) in [7, 11) is 0. The van der Waals surface area contributed by atoms with Gasteiger partial charge in [0.05, 0.1) is 16.3 Å². The normalized spacial score (nSPS) is 11.0. The highest BCUT2D eigenvalue weighted by Crippen LogP contribution is 2.25. The van der Waals surface area contributed by atoms with Crippen molar-refractivity contribution in [2.75, 3.05) is 18.4 Å². The molecule has 0 aliphatic carbocycles. The molecule has 6 nitrogen and oxygen atoms in total. The van der Waals surface area contributed by atoms with Crippen LogP contribution < -0.4 is 5.32 Å². The first-order valence-electron chi connectivity index (χ1n) is 12.0. The van der Waals surface area contributed by atoms with Crippen molar-refractivity contribution in [1.29, 1.82) is 0 Å². The molecule has 0 radical (unpaired) electrons. The number of anilines is 1. The lowest BCUT2D eigenvalue weighted by Gasteiger charge is -2.24. The molecule has 0 fully saturated rings. The topological polar surface area (TPSA) is 67.2 Å². The van der Waals surface area contributed by atoms with E-state index in [1.165, 1.54) is 11.0 Å². The number of nitrogens with zero attached hydrogens (tertiary/aromatic N) is 3. The van der Waals surface area contributed by atoms with Crippen LogP contribution in [0.3, 0.4) is 0 Å². The van der Waals surface area contributed by atoms with Crippen LogP contribution in [0, 0.1) is 12.8 Å². The summed E-state index contributed by atoms with van der Waals surface area (Å²) in [5.74, 6) is -0.189. The van der Waals surface area contributed by atoms with Gasteiger partial charge in [-0.2, -0.15) is 0 Å². The fourth-order valence-electron chi connectivity index (χ4n) is 3.95. The molecule has 0 saturated heterocycles. The van der Waals surface area contributed by atoms with E-state index >= 15 is 0 Å². The molecule has 4 rings (SSSR count). The summed E-state index contributed by atoms with van der Waals surface area (Å²) in [5.41, 5.74) is 3.93. The summed E-state index contributed by atoms with van der Waals surface area (Å²) in [5, 5.41) is 3.59. The maximum Gasteiger partial charge on any atom is 0.255 e. The zero-order valence-electron chi connectivity index (χ0n) is 20.9. The van der Waals surface area contributed by atoms with Gasteiger partial charge in [-0.15, -0.1) is 0 Å². The lowest BCUT2D eigenvalue weighted by atomic mass is 10.1. The Balaban J connectivity index is 1.62. The first kappa shape index (κ1) is 26.5. The molecular formula is C29H28Cl2N4O2. The van der Waals surface area contributed by atoms with E-state index in [1.807, 2.05) is 86.1 Å². The van der Waals surface area contributed by atoms with Crippen LogP contribution in [0.1, 0.15) is 29.8 Å². The Morgan fingerprint density at radius 1 is 1.00 bits per heavy atom. The van der Waals surface area contributed by atoms with E-state index < -0.39 is 0 Å². The van der Waals surface area contributed by atoms with Gasteiger partial charge in [0.15, 0.2) is 0 Å². The molecular weight excluding hydrogens is 507 g/mol. The minimum atomic E-state index is -0.363. The van der Waals surface area contributed by atoms with E-state index in [4.69, 9.17) is 28.2 Å². The number of imidazole rings is 1. The molecule has 0 aliphatic heterocycles. The van der Waals surface area contributed by atoms with Crippen LogP contribution in [0.5, 0.6) is 0 Å². The van der Waals surface area contributed by atoms with E-state index in [1.54, 1.807) is 12.1 Å². The number of rotatable bonds is 8. The second kappa shape index (κ2) is 11.6. The minimum Gasteiger partial charge on any atom is -0.329 e. The first-order valence-corrected chi connectivity index (χ1v) is 12.7. The third-order valence-corrected chi connectivity index (χ3v) is 6.26. The fourth-order valence-corrected chi connectivity index (χ4v) is 4.44. The standard InChI is InChI=1S/C29H28Cl2N4O2/c1-19(2)16-34(28(37)24-14-11-22(30)15-25(24)31)18-27(36)33-29-32-26(21-7-5-4-6-8-21)17-35(29)23-12-9-20(3)10-13-23/h4-15,17,19H,16,18H2,1-3H3,(H,32,33,36). The van der Waals surface area contributed by atoms with Crippen LogP contribution in [0.4, 0.5) is 5.95 Å². The molecule has 37 heavy (non-hydrogen) atoms. The third-order valence-electron chi connectivity index (χ3n) is 5.71. The molecule has 3 aromatic carbocycles. The van der Waals surface area contributed by atoms with Crippen LogP contribution in [0.25, 0.3) is 16.9 Å². The van der Waals surface area contributed by atoms with E-state index in [0.717, 1.165) is 22.5 Å². The number of aryl methyl sites for hydroxylation is 1. The van der Waals surface area contributed by atoms with Crippen molar-refractivity contribution in [2.45, 2.75) is 20.8 Å². The Morgan fingerprint density at radius 3 is 2.35 bits per heavy atom. The SMILES string of the molecule is Cc1ccc(-n2cc(-c3ccccc3)nc2NC(=O)CN(CC(C)C)C(=O)c2ccc(Cl)cc2Cl)cc1. The molecule has 0 bridgehead atoms. The van der Waals surface area contributed by atoms with Crippen molar-refractivity contribution in [3.05, 3.63) is 100 Å². The van der Waals surface area contributed by atoms with Crippen molar-refractivity contribution < 1.29 is 9.59 Å². The number of amides is 2. The largest absolute Gasteiger partial charge is 0.329 e. The van der Waals surface area contributed by atoms with Gasteiger partial charge >= 0.3 is 0 Å². The second-order valence-electron chi connectivity index (χ2n) is 9.27. The predicted molar refractivity (Wildman–Crippen MR) is 150 cm³/mol. The van der Waals surface area contributed by atoms with Gasteiger partial charge in [-0.05, 0) is 43.2 Å². The van der Waals surface area contributed by atoms with Crippen molar-refractivity contribution in [1.82, 2.24) is 14.5 Å². The van der Waals surface area contributed by atoms with Crippen LogP contribution >= 0.6 is 23.2 Å². The maximum absolute atomic E-state index is 13.3. The molecule has 1 aromatic heterocycles. The van der Waals surface area contributed by atoms with Crippen molar-refractivity contribution in [3.63, 3.8) is 0 Å². The predicted octanol–water partition coefficient (Wildman–Crippen LogP) is 6.89. The molecule has 1 heterocycles. The van der Waals surface area contributed by atoms with E-state index in [-0.39, 0.29) is 29.3 Å². The molecule has 0 aliphatic rings. The van der Waals surface area contributed by atoms with Crippen molar-refractivity contribution in [3.8, 4) is 16.9 Å². The Morgan fingerprint density at radius 2 is 1.70 bits per heavy atom. The lowest BCUT2D eigenvalue weighted by molar-refractivity contribution is -0.117. The Labute approximate surface area is 226 Å². The summed E-state index contributed by atoms with van der Waals surface area (Å²) in [6.07, 6.45) is 1.89. The Bertz CT molecular complexity index is 1400. The number of hydrogen-bond donors (Lipinski definition) is 1. The zero-order chi connectivity index (χ0) is 26.5. The number of hydrogen-bond acceptors (Lipinski definition) is 3. The van der Waals surface area contributed by atoms with Gasteiger partial charge in [-0.3, -0.25) is 19.5 Å². The highest BCUT2D eigenvalue weighted by Gasteiger charge is 2.23. The average molecular weight is 535 g/mol. The number of benzene rings is 3. The highest BCUT2D eigenvalue weighted by molar-refractivity contribution is 6.36. The zero-order valence-corrected chi connectivity index (χ0v) is 22.4. The van der Waals surface area contributed by atoms with Gasteiger partial charge in [0.25, 0.3) is 5.91 Å². The van der Waals surface area contributed by atoms with Gasteiger partial charge < -0.3 is 4.90 Å². The van der Waals surface area contributed by atoms with Gasteiger partial charge in [0.2, 0.25) is 11.9 Å². The first-order chi connectivity index (χ1) is 17.7. The van der Waals surface area contributed by atoms with Crippen LogP contribution in [-0.2, 0) is 4.79 Å². The maximum atomic E-state index is 13.3. The second-order valence-corrected chi connectivity index (χ2v) is 10.1. The number of nitrogens with one attached hydrogen (secondary N) is 1. The summed E-state index contributed by atoms with van der Waals surface area (Å²) < 4.78 is 1.84. The Kier molecular flexibility index (Phi) is 8.31. The van der Waals surface area contributed by atoms with E-state index in [0.29, 0.717) is 23.1 Å². The molecule has 4 aromatic rings. The summed E-state index contributed by atoms with van der Waals surface area (Å²) >= 11 is 12.3. The van der Waals surface area contributed by atoms with Crippen LogP contribution in [0.2, 0.25) is 10.0 Å². The van der Waals surface area contributed by atoms with Gasteiger partial charge in [-0.25, -0.2) is 4.98 Å². The molecule has 0 spiro atoms. The minimum absolute atomic E-state index is 0.141. The molecule has 2 amide bonds. The lowest BCUT2D eigenvalue weighted by Crippen LogP contribution is -2.40. The van der Waals surface area contributed by atoms with Gasteiger partial charge in [0.1, 0.15) is 6.54 Å². The highest BCUT2D eigenvalue weighted by atomic mass is 35.5. The molecule has 0 saturated carbocycles.